The van der Waals surface area contributed by atoms with Gasteiger partial charge in [-0.1, -0.05) is 23.7 Å². The Hall–Kier alpha value is -1.81. The molecule has 2 N–H and O–H groups in total. The summed E-state index contributed by atoms with van der Waals surface area (Å²) in [6.07, 6.45) is 0.554. The Morgan fingerprint density at radius 2 is 2.28 bits per heavy atom. The van der Waals surface area contributed by atoms with Gasteiger partial charge in [0, 0.05) is 17.1 Å². The number of H-pyrrole nitrogens is 1. The van der Waals surface area contributed by atoms with Crippen molar-refractivity contribution in [2.24, 2.45) is 0 Å². The van der Waals surface area contributed by atoms with Crippen LogP contribution in [0.3, 0.4) is 0 Å². The third-order valence-corrected chi connectivity index (χ3v) is 2.85. The van der Waals surface area contributed by atoms with Crippen LogP contribution in [0.15, 0.2) is 24.3 Å². The third-order valence-electron chi connectivity index (χ3n) is 2.61. The van der Waals surface area contributed by atoms with Crippen LogP contribution in [0, 0.1) is 6.92 Å². The Bertz CT molecular complexity index is 578. The van der Waals surface area contributed by atoms with Crippen LogP contribution in [0.2, 0.25) is 5.02 Å². The molecule has 4 nitrogen and oxygen atoms in total. The molecule has 0 aliphatic heterocycles. The van der Waals surface area contributed by atoms with Gasteiger partial charge in [0.2, 0.25) is 0 Å². The van der Waals surface area contributed by atoms with Gasteiger partial charge in [-0.2, -0.15) is 0 Å². The zero-order chi connectivity index (χ0) is 13.1. The minimum Gasteiger partial charge on any atom is -0.481 e. The summed E-state index contributed by atoms with van der Waals surface area (Å²) in [5, 5.41) is 9.44. The first kappa shape index (κ1) is 12.6. The number of carboxylic acid groups (broad SMARTS) is 1. The van der Waals surface area contributed by atoms with E-state index in [4.69, 9.17) is 16.7 Å². The first-order valence-electron chi connectivity index (χ1n) is 5.55. The van der Waals surface area contributed by atoms with Crippen molar-refractivity contribution in [3.05, 3.63) is 52.1 Å². The van der Waals surface area contributed by atoms with E-state index in [1.807, 2.05) is 31.2 Å². The zero-order valence-corrected chi connectivity index (χ0v) is 10.7. The van der Waals surface area contributed by atoms with E-state index in [-0.39, 0.29) is 6.42 Å². The molecular weight excluding hydrogens is 252 g/mol. The number of carboxylic acids is 1. The van der Waals surface area contributed by atoms with Crippen LogP contribution in [0.1, 0.15) is 22.8 Å². The maximum Gasteiger partial charge on any atom is 0.309 e. The van der Waals surface area contributed by atoms with E-state index in [9.17, 15) is 4.79 Å². The monoisotopic (exact) mass is 264 g/mol. The third kappa shape index (κ3) is 3.11. The summed E-state index contributed by atoms with van der Waals surface area (Å²) >= 11 is 5.91. The molecule has 0 unspecified atom stereocenters. The van der Waals surface area contributed by atoms with Gasteiger partial charge in [0.1, 0.15) is 5.82 Å². The Kier molecular flexibility index (Phi) is 3.67. The summed E-state index contributed by atoms with van der Waals surface area (Å²) in [5.41, 5.74) is 2.42. The molecule has 0 radical (unpaired) electrons. The molecule has 2 rings (SSSR count). The second-order valence-electron chi connectivity index (χ2n) is 4.13. The zero-order valence-electron chi connectivity index (χ0n) is 9.90. The average Bonchev–Trinajstić information content (AvgIpc) is 2.58. The van der Waals surface area contributed by atoms with Crippen LogP contribution in [-0.2, 0) is 17.6 Å². The normalized spacial score (nSPS) is 10.6. The van der Waals surface area contributed by atoms with Crippen LogP contribution >= 0.6 is 11.6 Å². The topological polar surface area (TPSA) is 66.0 Å². The molecule has 0 fully saturated rings. The molecule has 0 bridgehead atoms. The predicted molar refractivity (Wildman–Crippen MR) is 68.9 cm³/mol. The summed E-state index contributed by atoms with van der Waals surface area (Å²) < 4.78 is 0. The Labute approximate surface area is 110 Å². The number of nitrogens with one attached hydrogen (secondary N) is 1. The molecule has 0 atom stereocenters. The van der Waals surface area contributed by atoms with E-state index in [0.717, 1.165) is 17.1 Å². The van der Waals surface area contributed by atoms with E-state index in [2.05, 4.69) is 9.97 Å². The molecule has 1 aromatic heterocycles. The lowest BCUT2D eigenvalue weighted by Gasteiger charge is -1.98. The molecule has 1 heterocycles. The molecule has 0 saturated carbocycles. The van der Waals surface area contributed by atoms with Gasteiger partial charge in [-0.15, -0.1) is 0 Å². The molecule has 0 amide bonds. The Morgan fingerprint density at radius 1 is 1.50 bits per heavy atom. The number of hydrogen-bond acceptors (Lipinski definition) is 2. The van der Waals surface area contributed by atoms with Gasteiger partial charge in [-0.3, -0.25) is 4.79 Å². The second-order valence-corrected chi connectivity index (χ2v) is 4.57. The smallest absolute Gasteiger partial charge is 0.309 e. The van der Waals surface area contributed by atoms with Gasteiger partial charge >= 0.3 is 5.97 Å². The molecule has 2 aromatic rings. The fourth-order valence-corrected chi connectivity index (χ4v) is 2.02. The van der Waals surface area contributed by atoms with E-state index in [0.29, 0.717) is 17.1 Å². The van der Waals surface area contributed by atoms with Crippen LogP contribution in [0.4, 0.5) is 0 Å². The largest absolute Gasteiger partial charge is 0.481 e. The quantitative estimate of drug-likeness (QED) is 0.892. The van der Waals surface area contributed by atoms with Crippen molar-refractivity contribution in [3.63, 3.8) is 0 Å². The number of halogens is 1. The van der Waals surface area contributed by atoms with Gasteiger partial charge < -0.3 is 10.1 Å². The highest BCUT2D eigenvalue weighted by Gasteiger charge is 2.10. The molecule has 0 aliphatic carbocycles. The molecule has 1 aromatic carbocycles. The van der Waals surface area contributed by atoms with E-state index >= 15 is 0 Å². The van der Waals surface area contributed by atoms with Gasteiger partial charge in [-0.25, -0.2) is 4.98 Å². The number of imidazole rings is 1. The Morgan fingerprint density at radius 3 is 2.94 bits per heavy atom. The second kappa shape index (κ2) is 5.23. The van der Waals surface area contributed by atoms with Crippen molar-refractivity contribution in [2.75, 3.05) is 0 Å². The van der Waals surface area contributed by atoms with Gasteiger partial charge in [0.25, 0.3) is 0 Å². The summed E-state index contributed by atoms with van der Waals surface area (Å²) in [6.45, 7) is 1.83. The molecular formula is C13H13ClN2O2. The number of rotatable bonds is 4. The van der Waals surface area contributed by atoms with Crippen molar-refractivity contribution in [1.29, 1.82) is 0 Å². The highest BCUT2D eigenvalue weighted by molar-refractivity contribution is 6.30. The van der Waals surface area contributed by atoms with Gasteiger partial charge in [-0.05, 0) is 24.6 Å². The van der Waals surface area contributed by atoms with Crippen molar-refractivity contribution >= 4 is 17.6 Å². The lowest BCUT2D eigenvalue weighted by atomic mass is 10.1. The standard InChI is InChI=1S/C13H13ClN2O2/c1-8-11(7-13(17)18)16-12(15-8)6-9-3-2-4-10(14)5-9/h2-5H,6-7H2,1H3,(H,15,16)(H,17,18). The fraction of sp³-hybridized carbons (Fsp3) is 0.231. The number of benzene rings is 1. The van der Waals surface area contributed by atoms with Crippen molar-refractivity contribution in [2.45, 2.75) is 19.8 Å². The SMILES string of the molecule is Cc1[nH]c(Cc2cccc(Cl)c2)nc1CC(=O)O. The van der Waals surface area contributed by atoms with Crippen molar-refractivity contribution in [3.8, 4) is 0 Å². The minimum absolute atomic E-state index is 0.0577. The number of nitrogens with zero attached hydrogens (tertiary/aromatic N) is 1. The van der Waals surface area contributed by atoms with Crippen molar-refractivity contribution in [1.82, 2.24) is 9.97 Å². The van der Waals surface area contributed by atoms with Crippen molar-refractivity contribution < 1.29 is 9.90 Å². The summed E-state index contributed by atoms with van der Waals surface area (Å²) in [7, 11) is 0. The first-order chi connectivity index (χ1) is 8.54. The lowest BCUT2D eigenvalue weighted by Crippen LogP contribution is -2.01. The highest BCUT2D eigenvalue weighted by atomic mass is 35.5. The highest BCUT2D eigenvalue weighted by Crippen LogP contribution is 2.14. The fourth-order valence-electron chi connectivity index (χ4n) is 1.80. The lowest BCUT2D eigenvalue weighted by molar-refractivity contribution is -0.136. The number of aliphatic carboxylic acids is 1. The molecule has 5 heteroatoms. The first-order valence-corrected chi connectivity index (χ1v) is 5.93. The molecule has 94 valence electrons. The summed E-state index contributed by atoms with van der Waals surface area (Å²) in [5.74, 6) is -0.120. The van der Waals surface area contributed by atoms with E-state index < -0.39 is 5.97 Å². The van der Waals surface area contributed by atoms with E-state index in [1.54, 1.807) is 0 Å². The van der Waals surface area contributed by atoms with Crippen LogP contribution in [0.5, 0.6) is 0 Å². The van der Waals surface area contributed by atoms with Gasteiger partial charge in [0.05, 0.1) is 12.1 Å². The molecule has 0 aliphatic rings. The Balaban J connectivity index is 2.17. The molecule has 18 heavy (non-hydrogen) atoms. The van der Waals surface area contributed by atoms with Crippen LogP contribution < -0.4 is 0 Å². The number of aromatic nitrogens is 2. The average molecular weight is 265 g/mol. The number of carbonyl (C=O) groups is 1. The van der Waals surface area contributed by atoms with E-state index in [1.165, 1.54) is 0 Å². The summed E-state index contributed by atoms with van der Waals surface area (Å²) in [4.78, 5) is 18.1. The van der Waals surface area contributed by atoms with Crippen LogP contribution in [-0.4, -0.2) is 21.0 Å². The summed E-state index contributed by atoms with van der Waals surface area (Å²) in [6, 6.07) is 7.52. The predicted octanol–water partition coefficient (Wildman–Crippen LogP) is 2.59. The van der Waals surface area contributed by atoms with Crippen LogP contribution in [0.25, 0.3) is 0 Å². The maximum absolute atomic E-state index is 10.7. The minimum atomic E-state index is -0.876. The van der Waals surface area contributed by atoms with Gasteiger partial charge in [0.15, 0.2) is 0 Å². The number of hydrogen-bond donors (Lipinski definition) is 2. The number of aryl methyl sites for hydroxylation is 1. The molecule has 0 saturated heterocycles. The maximum atomic E-state index is 10.7. The molecule has 0 spiro atoms. The number of aromatic amines is 1.